The number of nitrogens with two attached hydrogens (primary N) is 2. The Morgan fingerprint density at radius 3 is 1.83 bits per heavy atom. The summed E-state index contributed by atoms with van der Waals surface area (Å²) in [6.07, 6.45) is 6.95. The van der Waals surface area contributed by atoms with Gasteiger partial charge in [0.25, 0.3) is 5.91 Å². The van der Waals surface area contributed by atoms with Gasteiger partial charge in [-0.15, -0.1) is 0 Å². The van der Waals surface area contributed by atoms with Crippen LogP contribution >= 0.6 is 0 Å². The Morgan fingerprint density at radius 2 is 1.28 bits per heavy atom. The van der Waals surface area contributed by atoms with E-state index in [0.717, 1.165) is 37.7 Å². The molecule has 0 saturated heterocycles. The largest absolute Gasteiger partial charge is 0.453 e. The highest BCUT2D eigenvalue weighted by atomic mass is 16.5. The first-order chi connectivity index (χ1) is 25.8. The third-order valence-corrected chi connectivity index (χ3v) is 8.44. The third kappa shape index (κ3) is 20.2. The highest BCUT2D eigenvalue weighted by Crippen LogP contribution is 2.21. The van der Waals surface area contributed by atoms with Gasteiger partial charge in [-0.3, -0.25) is 28.8 Å². The quantitative estimate of drug-likeness (QED) is 0.0312. The molecular weight excluding hydrogens is 708 g/mol. The van der Waals surface area contributed by atoms with Crippen molar-refractivity contribution in [3.63, 3.8) is 0 Å². The monoisotopic (exact) mass is 766 g/mol. The van der Waals surface area contributed by atoms with Crippen LogP contribution in [0, 0.1) is 0 Å². The van der Waals surface area contributed by atoms with E-state index in [-0.39, 0.29) is 44.2 Å². The van der Waals surface area contributed by atoms with Crippen molar-refractivity contribution in [1.82, 2.24) is 42.1 Å². The zero-order valence-electron chi connectivity index (χ0n) is 31.3. The fraction of sp³-hybridized carbons (Fsp3) is 0.706. The molecule has 2 atom stereocenters. The van der Waals surface area contributed by atoms with E-state index in [2.05, 4.69) is 46.7 Å². The smallest absolute Gasteiger partial charge is 0.407 e. The average molecular weight is 767 g/mol. The van der Waals surface area contributed by atoms with Crippen LogP contribution in [-0.4, -0.2) is 130 Å². The molecule has 0 spiro atoms. The van der Waals surface area contributed by atoms with Crippen molar-refractivity contribution in [1.29, 1.82) is 0 Å². The van der Waals surface area contributed by atoms with E-state index < -0.39 is 72.8 Å². The summed E-state index contributed by atoms with van der Waals surface area (Å²) in [5, 5.41) is 19.2. The molecule has 0 aromatic heterocycles. The topological polar surface area (TPSA) is 295 Å². The molecule has 2 fully saturated rings. The van der Waals surface area contributed by atoms with E-state index in [1.54, 1.807) is 6.08 Å². The van der Waals surface area contributed by atoms with Gasteiger partial charge in [0.15, 0.2) is 0 Å². The minimum absolute atomic E-state index is 0.140. The van der Waals surface area contributed by atoms with Crippen LogP contribution in [0.15, 0.2) is 11.8 Å². The molecule has 0 aliphatic heterocycles. The van der Waals surface area contributed by atoms with Crippen LogP contribution in [0.4, 0.5) is 9.59 Å². The second-order valence-electron chi connectivity index (χ2n) is 13.2. The van der Waals surface area contributed by atoms with E-state index in [4.69, 9.17) is 11.5 Å². The first-order valence-corrected chi connectivity index (χ1v) is 18.4. The molecule has 2 aliphatic carbocycles. The van der Waals surface area contributed by atoms with Crippen LogP contribution < -0.4 is 48.7 Å². The van der Waals surface area contributed by atoms with Crippen molar-refractivity contribution < 1.29 is 47.8 Å². The van der Waals surface area contributed by atoms with E-state index in [9.17, 15) is 38.4 Å². The van der Waals surface area contributed by atoms with Gasteiger partial charge in [0.1, 0.15) is 19.1 Å². The molecule has 0 unspecified atom stereocenters. The SMILES string of the molecule is COC(=O)NCCCC[C@H](NC(=O)OC)C(=O)NCCC(=O)N(CC(=O)NCC/C=C(/NC1CC1)C(N)=O)CC(=O)NCCCC[C@H](NC1CC1)C(N)=O. The number of hydrogen-bond donors (Lipinski definition) is 9. The Balaban J connectivity index is 1.92. The number of primary amides is 2. The Morgan fingerprint density at radius 1 is 0.704 bits per heavy atom. The third-order valence-electron chi connectivity index (χ3n) is 8.44. The average Bonchev–Trinajstić information content (AvgIpc) is 4.08. The fourth-order valence-electron chi connectivity index (χ4n) is 5.12. The number of nitrogens with zero attached hydrogens (tertiary/aromatic N) is 1. The maximum Gasteiger partial charge on any atom is 0.407 e. The Hall–Kier alpha value is -5.14. The second kappa shape index (κ2) is 25.0. The van der Waals surface area contributed by atoms with Crippen LogP contribution in [0.3, 0.4) is 0 Å². The van der Waals surface area contributed by atoms with Crippen molar-refractivity contribution in [2.45, 2.75) is 101 Å². The van der Waals surface area contributed by atoms with Crippen molar-refractivity contribution in [3.05, 3.63) is 11.8 Å². The van der Waals surface area contributed by atoms with Gasteiger partial charge in [0, 0.05) is 44.7 Å². The molecule has 0 aromatic carbocycles. The van der Waals surface area contributed by atoms with Crippen LogP contribution in [0.1, 0.15) is 77.0 Å². The first-order valence-electron chi connectivity index (χ1n) is 18.4. The normalized spacial score (nSPS) is 14.7. The van der Waals surface area contributed by atoms with Gasteiger partial charge in [-0.25, -0.2) is 9.59 Å². The molecule has 0 aromatic rings. The predicted octanol–water partition coefficient (Wildman–Crippen LogP) is -1.91. The highest BCUT2D eigenvalue weighted by Gasteiger charge is 2.27. The first kappa shape index (κ1) is 45.0. The summed E-state index contributed by atoms with van der Waals surface area (Å²) in [7, 11) is 2.39. The molecule has 304 valence electrons. The minimum atomic E-state index is -0.996. The number of ether oxygens (including phenoxy) is 2. The summed E-state index contributed by atoms with van der Waals surface area (Å²) in [6.45, 7) is -0.342. The van der Waals surface area contributed by atoms with Gasteiger partial charge >= 0.3 is 12.2 Å². The minimum Gasteiger partial charge on any atom is -0.453 e. The van der Waals surface area contributed by atoms with E-state index >= 15 is 0 Å². The Bertz CT molecular complexity index is 1320. The summed E-state index contributed by atoms with van der Waals surface area (Å²) in [5.74, 6) is -3.25. The fourth-order valence-corrected chi connectivity index (χ4v) is 5.12. The van der Waals surface area contributed by atoms with Gasteiger partial charge in [0.2, 0.25) is 29.5 Å². The molecule has 0 heterocycles. The summed E-state index contributed by atoms with van der Waals surface area (Å²) < 4.78 is 9.13. The Kier molecular flexibility index (Phi) is 20.8. The number of unbranched alkanes of at least 4 members (excludes halogenated alkanes) is 2. The van der Waals surface area contributed by atoms with Crippen molar-refractivity contribution in [2.75, 3.05) is 53.5 Å². The zero-order chi connectivity index (χ0) is 39.9. The predicted molar refractivity (Wildman–Crippen MR) is 195 cm³/mol. The number of carbonyl (C=O) groups excluding carboxylic acids is 8. The molecule has 0 radical (unpaired) electrons. The summed E-state index contributed by atoms with van der Waals surface area (Å²) >= 11 is 0. The molecule has 8 amide bonds. The molecule has 54 heavy (non-hydrogen) atoms. The molecule has 2 rings (SSSR count). The highest BCUT2D eigenvalue weighted by molar-refractivity contribution is 5.91. The molecule has 11 N–H and O–H groups in total. The molecule has 2 saturated carbocycles. The summed E-state index contributed by atoms with van der Waals surface area (Å²) in [6, 6.07) is -0.906. The lowest BCUT2D eigenvalue weighted by Gasteiger charge is -2.22. The van der Waals surface area contributed by atoms with Crippen molar-refractivity contribution in [3.8, 4) is 0 Å². The Labute approximate surface area is 315 Å². The number of nitrogens with one attached hydrogen (secondary N) is 7. The number of alkyl carbamates (subject to hydrolysis) is 2. The lowest BCUT2D eigenvalue weighted by atomic mass is 10.1. The number of methoxy groups -OCH3 is 2. The van der Waals surface area contributed by atoms with E-state index in [0.29, 0.717) is 51.1 Å². The van der Waals surface area contributed by atoms with E-state index in [1.807, 2.05) is 0 Å². The van der Waals surface area contributed by atoms with Gasteiger partial charge in [0.05, 0.1) is 26.0 Å². The molecule has 2 aliphatic rings. The van der Waals surface area contributed by atoms with Crippen molar-refractivity contribution >= 4 is 47.6 Å². The maximum atomic E-state index is 13.3. The molecule has 20 nitrogen and oxygen atoms in total. The van der Waals surface area contributed by atoms with Crippen LogP contribution in [-0.2, 0) is 38.2 Å². The molecule has 20 heteroatoms. The van der Waals surface area contributed by atoms with Gasteiger partial charge in [-0.1, -0.05) is 6.08 Å². The standard InChI is InChI=1S/C34H58N10O10/c1-53-33(51)40-17-6-4-9-26(43-34(52)54-2)32(50)39-19-15-29(47)44(21-28(46)38-18-7-10-25(31(36)49)42-23-13-14-23)20-27(45)37-16-5-3-8-24(30(35)48)41-22-11-12-22/h10,22-24,26,41-42H,3-9,11-21H2,1-2H3,(H2,35,48)(H2,36,49)(H,37,45)(H,38,46)(H,39,50)(H,40,51)(H,43,52)/b25-10+/t24-,26-/m0/s1. The van der Waals surface area contributed by atoms with Crippen LogP contribution in [0.5, 0.6) is 0 Å². The zero-order valence-corrected chi connectivity index (χ0v) is 31.3. The number of amides is 8. The van der Waals surface area contributed by atoms with Crippen LogP contribution in [0.25, 0.3) is 0 Å². The lowest BCUT2D eigenvalue weighted by Crippen LogP contribution is -2.49. The molecular formula is C34H58N10O10. The van der Waals surface area contributed by atoms with Gasteiger partial charge in [-0.2, -0.15) is 0 Å². The summed E-state index contributed by atoms with van der Waals surface area (Å²) in [5.41, 5.74) is 11.2. The maximum absolute atomic E-state index is 13.3. The van der Waals surface area contributed by atoms with Gasteiger partial charge < -0.3 is 63.1 Å². The van der Waals surface area contributed by atoms with Crippen LogP contribution in [0.2, 0.25) is 0 Å². The number of carbonyl (C=O) groups is 8. The number of rotatable bonds is 28. The lowest BCUT2D eigenvalue weighted by molar-refractivity contribution is -0.139. The second-order valence-corrected chi connectivity index (χ2v) is 13.2. The summed E-state index contributed by atoms with van der Waals surface area (Å²) in [4.78, 5) is 99.5. The van der Waals surface area contributed by atoms with E-state index in [1.165, 1.54) is 7.11 Å². The molecule has 0 bridgehead atoms. The van der Waals surface area contributed by atoms with Gasteiger partial charge in [-0.05, 0) is 70.6 Å². The van der Waals surface area contributed by atoms with Crippen molar-refractivity contribution in [2.24, 2.45) is 11.5 Å². The number of hydrogen-bond acceptors (Lipinski definition) is 12.